The summed E-state index contributed by atoms with van der Waals surface area (Å²) < 4.78 is 54.9. The van der Waals surface area contributed by atoms with Gasteiger partial charge in [0.2, 0.25) is 0 Å². The van der Waals surface area contributed by atoms with Gasteiger partial charge in [-0.25, -0.2) is 0 Å². The normalized spacial score (nSPS) is 14.8. The Balaban J connectivity index is 1.64. The van der Waals surface area contributed by atoms with Crippen LogP contribution in [0.5, 0.6) is 0 Å². The number of hydrogen-bond donors (Lipinski definition) is 0. The second-order valence-corrected chi connectivity index (χ2v) is 7.93. The Morgan fingerprint density at radius 2 is 1.61 bits per heavy atom. The van der Waals surface area contributed by atoms with E-state index in [0.29, 0.717) is 16.8 Å². The van der Waals surface area contributed by atoms with E-state index in [9.17, 15) is 5.26 Å². The van der Waals surface area contributed by atoms with Crippen LogP contribution in [0, 0.1) is 25.0 Å². The molecule has 0 aliphatic rings. The Hall–Kier alpha value is -4.42. The van der Waals surface area contributed by atoms with Gasteiger partial charge in [0.15, 0.2) is 0 Å². The highest BCUT2D eigenvalue weighted by atomic mass is 16.3. The van der Waals surface area contributed by atoms with E-state index in [-0.39, 0.29) is 27.8 Å². The summed E-state index contributed by atoms with van der Waals surface area (Å²) in [5, 5.41) is 13.2. The topological polar surface area (TPSA) is 49.8 Å². The van der Waals surface area contributed by atoms with Crippen LogP contribution >= 0.6 is 0 Å². The summed E-state index contributed by atoms with van der Waals surface area (Å²) in [7, 11) is 0. The fourth-order valence-corrected chi connectivity index (χ4v) is 4.40. The molecule has 0 spiro atoms. The minimum absolute atomic E-state index is 0.0794. The van der Waals surface area contributed by atoms with Gasteiger partial charge in [-0.05, 0) is 71.7 Å². The quantitative estimate of drug-likeness (QED) is 0.280. The lowest BCUT2D eigenvalue weighted by atomic mass is 9.94. The van der Waals surface area contributed by atoms with Crippen LogP contribution in [0.4, 0.5) is 0 Å². The number of benzene rings is 4. The van der Waals surface area contributed by atoms with Crippen molar-refractivity contribution >= 4 is 32.7 Å². The van der Waals surface area contributed by atoms with E-state index in [0.717, 1.165) is 27.1 Å². The molecule has 0 saturated heterocycles. The molecule has 3 nitrogen and oxygen atoms in total. The molecule has 33 heavy (non-hydrogen) atoms. The third kappa shape index (κ3) is 3.00. The lowest BCUT2D eigenvalue weighted by Gasteiger charge is -2.12. The van der Waals surface area contributed by atoms with E-state index < -0.39 is 13.7 Å². The maximum absolute atomic E-state index is 9.35. The molecule has 2 heterocycles. The molecular weight excluding hydrogens is 404 g/mol. The van der Waals surface area contributed by atoms with Gasteiger partial charge in [0, 0.05) is 36.1 Å². The Morgan fingerprint density at radius 1 is 0.758 bits per heavy atom. The predicted molar refractivity (Wildman–Crippen MR) is 134 cm³/mol. The molecule has 2 aromatic heterocycles. The van der Waals surface area contributed by atoms with Crippen LogP contribution in [0.3, 0.4) is 0 Å². The summed E-state index contributed by atoms with van der Waals surface area (Å²) in [6.45, 7) is -5.12. The smallest absolute Gasteiger partial charge is 0.144 e. The van der Waals surface area contributed by atoms with Gasteiger partial charge in [-0.3, -0.25) is 4.98 Å². The molecule has 6 aromatic rings. The summed E-state index contributed by atoms with van der Waals surface area (Å²) in [4.78, 5) is 4.50. The van der Waals surface area contributed by atoms with Crippen molar-refractivity contribution in [2.75, 3.05) is 0 Å². The minimum atomic E-state index is -2.57. The van der Waals surface area contributed by atoms with Crippen molar-refractivity contribution < 1.29 is 12.6 Å². The molecule has 156 valence electrons. The van der Waals surface area contributed by atoms with Gasteiger partial charge in [0.25, 0.3) is 0 Å². The number of para-hydroxylation sites is 1. The summed E-state index contributed by atoms with van der Waals surface area (Å²) in [5.41, 5.74) is 2.85. The molecule has 0 unspecified atom stereocenters. The van der Waals surface area contributed by atoms with Crippen molar-refractivity contribution in [3.05, 3.63) is 102 Å². The second kappa shape index (κ2) is 7.32. The number of aryl methyl sites for hydroxylation is 2. The van der Waals surface area contributed by atoms with E-state index in [4.69, 9.17) is 12.6 Å². The third-order valence-electron chi connectivity index (χ3n) is 6.01. The van der Waals surface area contributed by atoms with E-state index in [1.54, 1.807) is 6.07 Å². The zero-order chi connectivity index (χ0) is 27.5. The lowest BCUT2D eigenvalue weighted by molar-refractivity contribution is 0.673. The van der Waals surface area contributed by atoms with E-state index in [1.165, 1.54) is 24.4 Å². The average Bonchev–Trinajstić information content (AvgIpc) is 3.31. The Bertz CT molecular complexity index is 1960. The van der Waals surface area contributed by atoms with E-state index >= 15 is 0 Å². The number of fused-ring (bicyclic) bond motifs is 5. The standard InChI is InChI=1S/C30H20N2O/c1-18-14-20(16-31)10-12-22(18)27-15-28(32-17-19(27)2)26-9-5-8-24-25-13-11-21-6-3-4-7-23(21)29(25)33-30(24)26/h3-15,17H,1-2H3/i1D3,2D3. The lowest BCUT2D eigenvalue weighted by Crippen LogP contribution is -1.92. The van der Waals surface area contributed by atoms with Gasteiger partial charge in [-0.2, -0.15) is 5.26 Å². The number of aromatic nitrogens is 1. The zero-order valence-corrected chi connectivity index (χ0v) is 17.4. The Morgan fingerprint density at radius 3 is 2.48 bits per heavy atom. The molecule has 0 atom stereocenters. The average molecular weight is 431 g/mol. The Labute approximate surface area is 200 Å². The van der Waals surface area contributed by atoms with Crippen molar-refractivity contribution in [1.82, 2.24) is 4.98 Å². The molecule has 6 rings (SSSR count). The molecule has 0 aliphatic carbocycles. The van der Waals surface area contributed by atoms with Crippen LogP contribution in [0.15, 0.2) is 89.5 Å². The van der Waals surface area contributed by atoms with Crippen molar-refractivity contribution in [2.24, 2.45) is 0 Å². The molecule has 0 radical (unpaired) electrons. The molecule has 0 fully saturated rings. The molecule has 0 saturated carbocycles. The van der Waals surface area contributed by atoms with E-state index in [2.05, 4.69) is 4.98 Å². The maximum atomic E-state index is 9.35. The van der Waals surface area contributed by atoms with Gasteiger partial charge >= 0.3 is 0 Å². The first kappa shape index (κ1) is 13.9. The summed E-state index contributed by atoms with van der Waals surface area (Å²) >= 11 is 0. The fraction of sp³-hybridized carbons (Fsp3) is 0.0667. The molecule has 0 aliphatic heterocycles. The fourth-order valence-electron chi connectivity index (χ4n) is 4.40. The largest absolute Gasteiger partial charge is 0.455 e. The predicted octanol–water partition coefficient (Wildman–Crippen LogP) is 7.96. The highest BCUT2D eigenvalue weighted by molar-refractivity contribution is 6.17. The second-order valence-electron chi connectivity index (χ2n) is 7.93. The van der Waals surface area contributed by atoms with Crippen LogP contribution < -0.4 is 0 Å². The number of furan rings is 1. The molecule has 0 bridgehead atoms. The Kier molecular flexibility index (Phi) is 3.08. The number of nitriles is 1. The van der Waals surface area contributed by atoms with E-state index in [1.807, 2.05) is 60.7 Å². The maximum Gasteiger partial charge on any atom is 0.144 e. The summed E-state index contributed by atoms with van der Waals surface area (Å²) in [6.07, 6.45) is 1.27. The molecule has 0 amide bonds. The zero-order valence-electron chi connectivity index (χ0n) is 23.4. The van der Waals surface area contributed by atoms with Crippen LogP contribution in [-0.2, 0) is 0 Å². The van der Waals surface area contributed by atoms with Crippen LogP contribution in [-0.4, -0.2) is 4.98 Å². The van der Waals surface area contributed by atoms with Crippen molar-refractivity contribution in [3.8, 4) is 28.5 Å². The van der Waals surface area contributed by atoms with Crippen LogP contribution in [0.2, 0.25) is 0 Å². The van der Waals surface area contributed by atoms with Crippen molar-refractivity contribution in [3.63, 3.8) is 0 Å². The first-order valence-electron chi connectivity index (χ1n) is 13.4. The number of pyridine rings is 1. The summed E-state index contributed by atoms with van der Waals surface area (Å²) in [6, 6.07) is 25.5. The molecular formula is C30H20N2O. The first-order chi connectivity index (χ1) is 18.6. The van der Waals surface area contributed by atoms with Gasteiger partial charge < -0.3 is 4.42 Å². The molecule has 0 N–H and O–H groups in total. The minimum Gasteiger partial charge on any atom is -0.455 e. The first-order valence-corrected chi connectivity index (χ1v) is 10.4. The van der Waals surface area contributed by atoms with Gasteiger partial charge in [0.05, 0.1) is 17.3 Å². The van der Waals surface area contributed by atoms with Crippen molar-refractivity contribution in [2.45, 2.75) is 13.7 Å². The van der Waals surface area contributed by atoms with Crippen LogP contribution in [0.1, 0.15) is 24.9 Å². The SMILES string of the molecule is [2H]C([2H])([2H])c1cnc(-c2cccc3c2oc2c4ccccc4ccc32)cc1-c1ccc(C#N)cc1C([2H])([2H])[2H]. The highest BCUT2D eigenvalue weighted by Crippen LogP contribution is 2.39. The monoisotopic (exact) mass is 430 g/mol. The third-order valence-corrected chi connectivity index (χ3v) is 6.01. The van der Waals surface area contributed by atoms with Crippen molar-refractivity contribution in [1.29, 1.82) is 5.26 Å². The summed E-state index contributed by atoms with van der Waals surface area (Å²) in [5.74, 6) is 0. The van der Waals surface area contributed by atoms with Gasteiger partial charge in [-0.1, -0.05) is 48.5 Å². The highest BCUT2D eigenvalue weighted by Gasteiger charge is 2.16. The number of hydrogen-bond acceptors (Lipinski definition) is 3. The number of nitrogens with zero attached hydrogens (tertiary/aromatic N) is 2. The van der Waals surface area contributed by atoms with Crippen LogP contribution in [0.25, 0.3) is 55.1 Å². The molecule has 3 heteroatoms. The van der Waals surface area contributed by atoms with Gasteiger partial charge in [-0.15, -0.1) is 0 Å². The number of rotatable bonds is 2. The molecule has 4 aromatic carbocycles. The van der Waals surface area contributed by atoms with Gasteiger partial charge in [0.1, 0.15) is 11.2 Å².